The second-order valence-corrected chi connectivity index (χ2v) is 3.71. The molecule has 0 atom stereocenters. The smallest absolute Gasteiger partial charge is 0.0547 e. The summed E-state index contributed by atoms with van der Waals surface area (Å²) in [6.45, 7) is 0. The molecule has 0 fully saturated rings. The normalized spacial score (nSPS) is 16.1. The summed E-state index contributed by atoms with van der Waals surface area (Å²) in [4.78, 5) is 1.51. The maximum Gasteiger partial charge on any atom is 0.0547 e. The Morgan fingerprint density at radius 1 is 1.44 bits per heavy atom. The highest BCUT2D eigenvalue weighted by Gasteiger charge is 2.14. The third-order valence-electron chi connectivity index (χ3n) is 1.76. The molecule has 0 saturated carbocycles. The lowest BCUT2D eigenvalue weighted by Gasteiger charge is -1.85. The predicted octanol–water partition coefficient (Wildman–Crippen LogP) is 2.89. The lowest BCUT2D eigenvalue weighted by molar-refractivity contribution is 0.915. The van der Waals surface area contributed by atoms with Crippen LogP contribution < -0.4 is 0 Å². The molecule has 2 heteroatoms. The molecule has 1 aliphatic rings. The third-order valence-corrected chi connectivity index (χ3v) is 3.32. The average Bonchev–Trinajstić information content (AvgIpc) is 2.35. The number of halogens is 1. The highest BCUT2D eigenvalue weighted by Crippen LogP contribution is 2.33. The monoisotopic (exact) mass is 158 g/mol. The van der Waals surface area contributed by atoms with Crippen molar-refractivity contribution < 1.29 is 0 Å². The molecular formula is C7H7ClS. The number of fused-ring (bicyclic) bond motifs is 1. The van der Waals surface area contributed by atoms with E-state index in [0.29, 0.717) is 0 Å². The van der Waals surface area contributed by atoms with E-state index in [1.807, 2.05) is 5.38 Å². The Bertz CT molecular complexity index is 227. The van der Waals surface area contributed by atoms with E-state index in [1.165, 1.54) is 29.7 Å². The van der Waals surface area contributed by atoms with Crippen molar-refractivity contribution in [3.63, 3.8) is 0 Å². The van der Waals surface area contributed by atoms with Crippen molar-refractivity contribution in [3.05, 3.63) is 20.8 Å². The van der Waals surface area contributed by atoms with E-state index in [-0.39, 0.29) is 0 Å². The topological polar surface area (TPSA) is 0 Å². The van der Waals surface area contributed by atoms with Gasteiger partial charge >= 0.3 is 0 Å². The molecule has 1 aliphatic carbocycles. The number of thiophene rings is 1. The summed E-state index contributed by atoms with van der Waals surface area (Å²) in [6, 6.07) is 0. The summed E-state index contributed by atoms with van der Waals surface area (Å²) in [5.41, 5.74) is 1.42. The second kappa shape index (κ2) is 1.99. The van der Waals surface area contributed by atoms with Crippen molar-refractivity contribution >= 4 is 22.9 Å². The van der Waals surface area contributed by atoms with Crippen LogP contribution in [0.4, 0.5) is 0 Å². The molecule has 1 aromatic rings. The molecule has 0 saturated heterocycles. The van der Waals surface area contributed by atoms with Crippen molar-refractivity contribution in [2.24, 2.45) is 0 Å². The van der Waals surface area contributed by atoms with Gasteiger partial charge in [0.1, 0.15) is 0 Å². The molecule has 0 radical (unpaired) electrons. The van der Waals surface area contributed by atoms with Gasteiger partial charge in [0.15, 0.2) is 0 Å². The molecule has 0 aliphatic heterocycles. The highest BCUT2D eigenvalue weighted by atomic mass is 35.5. The van der Waals surface area contributed by atoms with Crippen molar-refractivity contribution in [1.29, 1.82) is 0 Å². The standard InChI is InChI=1S/C7H7ClS/c8-6-4-9-7-3-1-2-5(6)7/h4H,1-3H2. The quantitative estimate of drug-likeness (QED) is 0.545. The first kappa shape index (κ1) is 5.75. The van der Waals surface area contributed by atoms with Gasteiger partial charge in [0.25, 0.3) is 0 Å². The van der Waals surface area contributed by atoms with Crippen LogP contribution in [0.25, 0.3) is 0 Å². The van der Waals surface area contributed by atoms with Crippen LogP contribution in [0, 0.1) is 0 Å². The van der Waals surface area contributed by atoms with E-state index < -0.39 is 0 Å². The SMILES string of the molecule is Clc1csc2c1CCC2. The average molecular weight is 159 g/mol. The van der Waals surface area contributed by atoms with Crippen LogP contribution in [-0.2, 0) is 12.8 Å². The largest absolute Gasteiger partial charge is 0.147 e. The molecule has 48 valence electrons. The van der Waals surface area contributed by atoms with Crippen LogP contribution in [0.3, 0.4) is 0 Å². The summed E-state index contributed by atoms with van der Waals surface area (Å²) in [5, 5.41) is 3.04. The molecule has 0 bridgehead atoms. The van der Waals surface area contributed by atoms with Crippen molar-refractivity contribution in [2.75, 3.05) is 0 Å². The highest BCUT2D eigenvalue weighted by molar-refractivity contribution is 7.10. The third kappa shape index (κ3) is 0.795. The molecule has 0 aromatic carbocycles. The van der Waals surface area contributed by atoms with Gasteiger partial charge in [-0.2, -0.15) is 0 Å². The summed E-state index contributed by atoms with van der Waals surface area (Å²) in [6.07, 6.45) is 3.77. The number of aryl methyl sites for hydroxylation is 1. The van der Waals surface area contributed by atoms with Gasteiger partial charge in [-0.3, -0.25) is 0 Å². The van der Waals surface area contributed by atoms with Gasteiger partial charge in [-0.25, -0.2) is 0 Å². The fraction of sp³-hybridized carbons (Fsp3) is 0.429. The lowest BCUT2D eigenvalue weighted by atomic mass is 10.3. The van der Waals surface area contributed by atoms with Crippen LogP contribution in [0.1, 0.15) is 16.9 Å². The minimum Gasteiger partial charge on any atom is -0.147 e. The zero-order valence-electron chi connectivity index (χ0n) is 4.98. The van der Waals surface area contributed by atoms with Gasteiger partial charge < -0.3 is 0 Å². The maximum atomic E-state index is 5.90. The van der Waals surface area contributed by atoms with E-state index >= 15 is 0 Å². The summed E-state index contributed by atoms with van der Waals surface area (Å²) in [7, 11) is 0. The minimum atomic E-state index is 0.993. The van der Waals surface area contributed by atoms with Gasteiger partial charge in [0, 0.05) is 10.3 Å². The molecule has 1 aromatic heterocycles. The van der Waals surface area contributed by atoms with Crippen LogP contribution in [-0.4, -0.2) is 0 Å². The molecular weight excluding hydrogens is 152 g/mol. The van der Waals surface area contributed by atoms with Crippen molar-refractivity contribution in [3.8, 4) is 0 Å². The molecule has 0 unspecified atom stereocenters. The van der Waals surface area contributed by atoms with Gasteiger partial charge in [-0.1, -0.05) is 11.6 Å². The molecule has 1 heterocycles. The van der Waals surface area contributed by atoms with Crippen LogP contribution >= 0.6 is 22.9 Å². The summed E-state index contributed by atoms with van der Waals surface area (Å²) in [5.74, 6) is 0. The van der Waals surface area contributed by atoms with E-state index in [9.17, 15) is 0 Å². The van der Waals surface area contributed by atoms with Gasteiger partial charge in [-0.05, 0) is 24.8 Å². The van der Waals surface area contributed by atoms with Crippen LogP contribution in [0.15, 0.2) is 5.38 Å². The lowest BCUT2D eigenvalue weighted by Crippen LogP contribution is -1.70. The van der Waals surface area contributed by atoms with Crippen LogP contribution in [0.5, 0.6) is 0 Å². The fourth-order valence-electron chi connectivity index (χ4n) is 1.29. The Morgan fingerprint density at radius 3 is 3.11 bits per heavy atom. The zero-order chi connectivity index (χ0) is 6.27. The molecule has 0 amide bonds. The fourth-order valence-corrected chi connectivity index (χ4v) is 2.70. The zero-order valence-corrected chi connectivity index (χ0v) is 6.56. The van der Waals surface area contributed by atoms with E-state index in [4.69, 9.17) is 11.6 Å². The molecule has 0 nitrogen and oxygen atoms in total. The Balaban J connectivity index is 2.56. The van der Waals surface area contributed by atoms with E-state index in [1.54, 1.807) is 11.3 Å². The Hall–Kier alpha value is -0.0100. The molecule has 2 rings (SSSR count). The van der Waals surface area contributed by atoms with Gasteiger partial charge in [0.2, 0.25) is 0 Å². The van der Waals surface area contributed by atoms with Crippen molar-refractivity contribution in [2.45, 2.75) is 19.3 Å². The van der Waals surface area contributed by atoms with Gasteiger partial charge in [-0.15, -0.1) is 11.3 Å². The number of rotatable bonds is 0. The summed E-state index contributed by atoms with van der Waals surface area (Å²) >= 11 is 7.70. The number of hydrogen-bond donors (Lipinski definition) is 0. The predicted molar refractivity (Wildman–Crippen MR) is 41.4 cm³/mol. The van der Waals surface area contributed by atoms with E-state index in [2.05, 4.69) is 0 Å². The Morgan fingerprint density at radius 2 is 2.33 bits per heavy atom. The second-order valence-electron chi connectivity index (χ2n) is 2.34. The van der Waals surface area contributed by atoms with Crippen LogP contribution in [0.2, 0.25) is 5.02 Å². The summed E-state index contributed by atoms with van der Waals surface area (Å²) < 4.78 is 0. The Labute approximate surface area is 63.5 Å². The van der Waals surface area contributed by atoms with E-state index in [0.717, 1.165) is 5.02 Å². The first-order chi connectivity index (χ1) is 4.38. The molecule has 9 heavy (non-hydrogen) atoms. The first-order valence-electron chi connectivity index (χ1n) is 3.12. The maximum absolute atomic E-state index is 5.90. The Kier molecular flexibility index (Phi) is 1.27. The number of hydrogen-bond acceptors (Lipinski definition) is 1. The molecule has 0 spiro atoms. The van der Waals surface area contributed by atoms with Crippen molar-refractivity contribution in [1.82, 2.24) is 0 Å². The molecule has 0 N–H and O–H groups in total. The first-order valence-corrected chi connectivity index (χ1v) is 4.38. The minimum absolute atomic E-state index is 0.993. The van der Waals surface area contributed by atoms with Gasteiger partial charge in [0.05, 0.1) is 5.02 Å².